The van der Waals surface area contributed by atoms with Crippen molar-refractivity contribution in [1.82, 2.24) is 9.97 Å². The highest BCUT2D eigenvalue weighted by molar-refractivity contribution is 5.56. The number of aliphatic hydroxyl groups is 1. The molecule has 0 spiro atoms. The molecule has 1 aromatic rings. The molecule has 1 saturated heterocycles. The normalized spacial score (nSPS) is 20.9. The van der Waals surface area contributed by atoms with E-state index < -0.39 is 0 Å². The Morgan fingerprint density at radius 1 is 1.60 bits per heavy atom. The van der Waals surface area contributed by atoms with Crippen LogP contribution in [0.4, 0.5) is 11.6 Å². The van der Waals surface area contributed by atoms with E-state index in [1.807, 2.05) is 6.92 Å². The summed E-state index contributed by atoms with van der Waals surface area (Å²) in [7, 11) is 0. The maximum atomic E-state index is 9.07. The molecule has 1 atom stereocenters. The van der Waals surface area contributed by atoms with Gasteiger partial charge in [-0.15, -0.1) is 0 Å². The van der Waals surface area contributed by atoms with Gasteiger partial charge in [-0.2, -0.15) is 0 Å². The van der Waals surface area contributed by atoms with E-state index in [9.17, 15) is 0 Å². The first kappa shape index (κ1) is 10.2. The van der Waals surface area contributed by atoms with E-state index in [2.05, 4.69) is 14.9 Å². The molecule has 0 amide bonds. The molecule has 2 heterocycles. The fourth-order valence-corrected chi connectivity index (χ4v) is 1.95. The van der Waals surface area contributed by atoms with E-state index in [1.54, 1.807) is 0 Å². The molecule has 1 fully saturated rings. The first-order valence-electron chi connectivity index (χ1n) is 5.15. The summed E-state index contributed by atoms with van der Waals surface area (Å²) in [5.41, 5.74) is 6.66. The predicted octanol–water partition coefficient (Wildman–Crippen LogP) is 0.186. The molecular weight excluding hydrogens is 192 g/mol. The lowest BCUT2D eigenvalue weighted by atomic mass is 10.1. The Bertz CT molecular complexity index is 355. The van der Waals surface area contributed by atoms with Gasteiger partial charge in [0.05, 0.1) is 0 Å². The molecule has 5 heteroatoms. The zero-order valence-corrected chi connectivity index (χ0v) is 8.85. The van der Waals surface area contributed by atoms with E-state index in [1.165, 1.54) is 6.33 Å². The first-order valence-corrected chi connectivity index (χ1v) is 5.15. The Morgan fingerprint density at radius 3 is 3.07 bits per heavy atom. The Hall–Kier alpha value is -1.36. The van der Waals surface area contributed by atoms with Crippen molar-refractivity contribution in [3.8, 4) is 0 Å². The van der Waals surface area contributed by atoms with Gasteiger partial charge in [-0.1, -0.05) is 0 Å². The summed E-state index contributed by atoms with van der Waals surface area (Å²) in [6.07, 6.45) is 2.50. The minimum absolute atomic E-state index is 0.246. The average molecular weight is 208 g/mol. The van der Waals surface area contributed by atoms with Crippen LogP contribution in [-0.2, 0) is 0 Å². The van der Waals surface area contributed by atoms with Gasteiger partial charge in [0.2, 0.25) is 0 Å². The fourth-order valence-electron chi connectivity index (χ4n) is 1.95. The predicted molar refractivity (Wildman–Crippen MR) is 58.6 cm³/mol. The highest BCUT2D eigenvalue weighted by Crippen LogP contribution is 2.25. The summed E-state index contributed by atoms with van der Waals surface area (Å²) in [5, 5.41) is 9.07. The number of nitrogen functional groups attached to an aromatic ring is 1. The first-order chi connectivity index (χ1) is 7.22. The van der Waals surface area contributed by atoms with E-state index in [4.69, 9.17) is 10.8 Å². The van der Waals surface area contributed by atoms with Crippen LogP contribution in [0.5, 0.6) is 0 Å². The number of nitrogens with zero attached hydrogens (tertiary/aromatic N) is 3. The number of anilines is 2. The van der Waals surface area contributed by atoms with Crippen LogP contribution in [0, 0.1) is 12.8 Å². The van der Waals surface area contributed by atoms with E-state index in [0.717, 1.165) is 30.9 Å². The summed E-state index contributed by atoms with van der Waals surface area (Å²) >= 11 is 0. The maximum absolute atomic E-state index is 9.07. The molecule has 5 nitrogen and oxygen atoms in total. The zero-order valence-electron chi connectivity index (χ0n) is 8.85. The van der Waals surface area contributed by atoms with Crippen LogP contribution in [0.25, 0.3) is 0 Å². The van der Waals surface area contributed by atoms with Gasteiger partial charge < -0.3 is 15.7 Å². The van der Waals surface area contributed by atoms with Gasteiger partial charge in [0.15, 0.2) is 0 Å². The SMILES string of the molecule is Cc1c(N)ncnc1N1CCC(CO)C1. The monoisotopic (exact) mass is 208 g/mol. The van der Waals surface area contributed by atoms with Crippen molar-refractivity contribution in [2.45, 2.75) is 13.3 Å². The summed E-state index contributed by atoms with van der Waals surface area (Å²) < 4.78 is 0. The Labute approximate surface area is 88.9 Å². The number of rotatable bonds is 2. The lowest BCUT2D eigenvalue weighted by Crippen LogP contribution is -2.23. The third-order valence-corrected chi connectivity index (χ3v) is 2.94. The maximum Gasteiger partial charge on any atom is 0.137 e. The fraction of sp³-hybridized carbons (Fsp3) is 0.600. The van der Waals surface area contributed by atoms with Crippen LogP contribution in [0.15, 0.2) is 6.33 Å². The molecule has 82 valence electrons. The Morgan fingerprint density at radius 2 is 2.40 bits per heavy atom. The van der Waals surface area contributed by atoms with Crippen LogP contribution in [0.2, 0.25) is 0 Å². The number of aliphatic hydroxyl groups excluding tert-OH is 1. The molecule has 2 rings (SSSR count). The van der Waals surface area contributed by atoms with Crippen molar-refractivity contribution in [3.05, 3.63) is 11.9 Å². The van der Waals surface area contributed by atoms with Crippen molar-refractivity contribution in [1.29, 1.82) is 0 Å². The number of nitrogens with two attached hydrogens (primary N) is 1. The van der Waals surface area contributed by atoms with E-state index in [-0.39, 0.29) is 6.61 Å². The lowest BCUT2D eigenvalue weighted by Gasteiger charge is -2.19. The van der Waals surface area contributed by atoms with E-state index >= 15 is 0 Å². The number of hydrogen-bond donors (Lipinski definition) is 2. The van der Waals surface area contributed by atoms with Crippen molar-refractivity contribution in [2.75, 3.05) is 30.3 Å². The van der Waals surface area contributed by atoms with Gasteiger partial charge in [0, 0.05) is 31.2 Å². The number of hydrogen-bond acceptors (Lipinski definition) is 5. The topological polar surface area (TPSA) is 75.3 Å². The summed E-state index contributed by atoms with van der Waals surface area (Å²) in [6.45, 7) is 3.96. The standard InChI is InChI=1S/C10H16N4O/c1-7-9(11)12-6-13-10(7)14-3-2-8(4-14)5-15/h6,8,15H,2-5H2,1H3,(H2,11,12,13). The molecule has 0 radical (unpaired) electrons. The molecule has 0 saturated carbocycles. The van der Waals surface area contributed by atoms with Gasteiger partial charge in [0.25, 0.3) is 0 Å². The molecule has 1 aliphatic heterocycles. The Balaban J connectivity index is 2.20. The molecular formula is C10H16N4O. The molecule has 0 aliphatic carbocycles. The van der Waals surface area contributed by atoms with Crippen LogP contribution in [0.3, 0.4) is 0 Å². The van der Waals surface area contributed by atoms with Crippen molar-refractivity contribution in [2.24, 2.45) is 5.92 Å². The van der Waals surface area contributed by atoms with Gasteiger partial charge in [-0.3, -0.25) is 0 Å². The van der Waals surface area contributed by atoms with Crippen molar-refractivity contribution >= 4 is 11.6 Å². The third kappa shape index (κ3) is 1.87. The second-order valence-corrected chi connectivity index (χ2v) is 3.99. The summed E-state index contributed by atoms with van der Waals surface area (Å²) in [5.74, 6) is 1.80. The molecule has 1 aromatic heterocycles. The van der Waals surface area contributed by atoms with Crippen molar-refractivity contribution < 1.29 is 5.11 Å². The minimum atomic E-state index is 0.246. The largest absolute Gasteiger partial charge is 0.396 e. The van der Waals surface area contributed by atoms with Gasteiger partial charge in [-0.25, -0.2) is 9.97 Å². The molecule has 3 N–H and O–H groups in total. The quantitative estimate of drug-likeness (QED) is 0.725. The minimum Gasteiger partial charge on any atom is -0.396 e. The van der Waals surface area contributed by atoms with Gasteiger partial charge in [0.1, 0.15) is 18.0 Å². The highest BCUT2D eigenvalue weighted by atomic mass is 16.3. The molecule has 0 aromatic carbocycles. The van der Waals surface area contributed by atoms with Crippen LogP contribution < -0.4 is 10.6 Å². The third-order valence-electron chi connectivity index (χ3n) is 2.94. The summed E-state index contributed by atoms with van der Waals surface area (Å²) in [6, 6.07) is 0. The lowest BCUT2D eigenvalue weighted by molar-refractivity contribution is 0.238. The molecule has 0 bridgehead atoms. The highest BCUT2D eigenvalue weighted by Gasteiger charge is 2.24. The second kappa shape index (κ2) is 4.02. The van der Waals surface area contributed by atoms with E-state index in [0.29, 0.717) is 11.7 Å². The van der Waals surface area contributed by atoms with Gasteiger partial charge in [-0.05, 0) is 13.3 Å². The second-order valence-electron chi connectivity index (χ2n) is 3.99. The molecule has 1 aliphatic rings. The van der Waals surface area contributed by atoms with Crippen LogP contribution >= 0.6 is 0 Å². The number of aromatic nitrogens is 2. The van der Waals surface area contributed by atoms with Gasteiger partial charge >= 0.3 is 0 Å². The molecule has 1 unspecified atom stereocenters. The summed E-state index contributed by atoms with van der Waals surface area (Å²) in [4.78, 5) is 10.3. The smallest absolute Gasteiger partial charge is 0.137 e. The van der Waals surface area contributed by atoms with Crippen LogP contribution in [0.1, 0.15) is 12.0 Å². The van der Waals surface area contributed by atoms with Crippen LogP contribution in [-0.4, -0.2) is 34.8 Å². The van der Waals surface area contributed by atoms with Crippen molar-refractivity contribution in [3.63, 3.8) is 0 Å². The molecule has 15 heavy (non-hydrogen) atoms. The zero-order chi connectivity index (χ0) is 10.8. The Kier molecular flexibility index (Phi) is 2.73. The average Bonchev–Trinajstić information content (AvgIpc) is 2.70.